The first-order valence-electron chi connectivity index (χ1n) is 13.1. The molecule has 6 aromatic rings. The first-order chi connectivity index (χ1) is 20.7. The Morgan fingerprint density at radius 2 is 0.932 bits per heavy atom. The zero-order valence-electron chi connectivity index (χ0n) is 23.8. The van der Waals surface area contributed by atoms with E-state index in [0.717, 1.165) is 11.4 Å². The molecule has 232 valence electrons. The maximum atomic E-state index is 3.36. The van der Waals surface area contributed by atoms with Crippen LogP contribution in [0.4, 0.5) is 34.1 Å². The van der Waals surface area contributed by atoms with Gasteiger partial charge >= 0.3 is 0 Å². The number of fused-ring (bicyclic) bond motifs is 2. The van der Waals surface area contributed by atoms with E-state index in [-0.39, 0.29) is 42.1 Å². The van der Waals surface area contributed by atoms with E-state index in [1.165, 1.54) is 47.5 Å². The van der Waals surface area contributed by atoms with Gasteiger partial charge in [-0.05, 0) is 38.4 Å². The van der Waals surface area contributed by atoms with Gasteiger partial charge in [0.15, 0.2) is 0 Å². The molecule has 0 radical (unpaired) electrons. The molecule has 4 heterocycles. The summed E-state index contributed by atoms with van der Waals surface area (Å²) in [5.41, 5.74) is 6.98. The fraction of sp³-hybridized carbons (Fsp3) is 0.0625. The standard InChI is InChI=1S/2C14H12N2.2C2H2N3.2Pt/c2*1-15-11-16(12-7-3-2-4-8-12)14-10-6-5-9-13(14)15;2*1-2-4-5-3-1;;/h2*2-7,9-11H,1H3;2*1-2H;;/q2*-2;2*-1;;. The molecule has 12 heteroatoms. The number of anilines is 6. The van der Waals surface area contributed by atoms with Crippen LogP contribution in [0.15, 0.2) is 122 Å². The molecule has 0 saturated carbocycles. The molecule has 2 aliphatic rings. The van der Waals surface area contributed by atoms with Gasteiger partial charge in [0.2, 0.25) is 0 Å². The van der Waals surface area contributed by atoms with Crippen molar-refractivity contribution in [3.63, 3.8) is 0 Å². The van der Waals surface area contributed by atoms with Gasteiger partial charge < -0.3 is 40.0 Å². The number of hydrogen-bond donors (Lipinski definition) is 0. The molecule has 0 N–H and O–H groups in total. The van der Waals surface area contributed by atoms with Gasteiger partial charge in [0.1, 0.15) is 0 Å². The number of aromatic nitrogens is 6. The third kappa shape index (κ3) is 8.88. The van der Waals surface area contributed by atoms with Crippen LogP contribution in [0.1, 0.15) is 0 Å². The molecule has 0 amide bonds. The van der Waals surface area contributed by atoms with Crippen LogP contribution < -0.4 is 29.8 Å². The molecule has 0 fully saturated rings. The summed E-state index contributed by atoms with van der Waals surface area (Å²) in [6.45, 7) is 4.16. The van der Waals surface area contributed by atoms with Gasteiger partial charge in [-0.2, -0.15) is 74.0 Å². The van der Waals surface area contributed by atoms with Crippen molar-refractivity contribution >= 4 is 34.1 Å². The molecule has 0 aliphatic carbocycles. The van der Waals surface area contributed by atoms with Gasteiger partial charge in [0.05, 0.1) is 0 Å². The molecule has 10 nitrogen and oxygen atoms in total. The topological polar surface area (TPSA) is 92.7 Å². The number of para-hydroxylation sites is 6. The maximum absolute atomic E-state index is 3.36. The summed E-state index contributed by atoms with van der Waals surface area (Å²) in [5, 5.41) is 19.9. The molecule has 2 aromatic heterocycles. The molecule has 0 spiro atoms. The van der Waals surface area contributed by atoms with E-state index >= 15 is 0 Å². The van der Waals surface area contributed by atoms with E-state index in [9.17, 15) is 0 Å². The Bertz CT molecular complexity index is 1430. The van der Waals surface area contributed by atoms with Gasteiger partial charge in [-0.1, -0.05) is 49.1 Å². The van der Waals surface area contributed by atoms with Crippen LogP contribution in [0.5, 0.6) is 0 Å². The summed E-state index contributed by atoms with van der Waals surface area (Å²) in [5.74, 6) is 0. The van der Waals surface area contributed by atoms with E-state index in [0.29, 0.717) is 0 Å². The molecule has 8 rings (SSSR count). The van der Waals surface area contributed by atoms with Crippen molar-refractivity contribution < 1.29 is 42.1 Å². The summed E-state index contributed by atoms with van der Waals surface area (Å²) in [6, 6.07) is 39.2. The van der Waals surface area contributed by atoms with Crippen LogP contribution in [0.25, 0.3) is 0 Å². The molecule has 44 heavy (non-hydrogen) atoms. The van der Waals surface area contributed by atoms with E-state index in [1.807, 2.05) is 36.4 Å². The van der Waals surface area contributed by atoms with Crippen molar-refractivity contribution in [3.05, 3.63) is 147 Å². The predicted molar refractivity (Wildman–Crippen MR) is 164 cm³/mol. The molecule has 0 saturated heterocycles. The largest absolute Gasteiger partial charge is 0.504 e. The Balaban J connectivity index is 0.000000177. The summed E-state index contributed by atoms with van der Waals surface area (Å²) < 4.78 is 0. The Hall–Kier alpha value is -4.26. The Kier molecular flexibility index (Phi) is 13.8. The minimum Gasteiger partial charge on any atom is -0.504 e. The van der Waals surface area contributed by atoms with Crippen molar-refractivity contribution in [3.8, 4) is 0 Å². The van der Waals surface area contributed by atoms with Crippen molar-refractivity contribution in [2.24, 2.45) is 0 Å². The van der Waals surface area contributed by atoms with E-state index in [1.54, 1.807) is 0 Å². The third-order valence-electron chi connectivity index (χ3n) is 6.13. The molecule has 4 aromatic carbocycles. The quantitative estimate of drug-likeness (QED) is 0.215. The minimum atomic E-state index is 0. The molecule has 0 atom stereocenters. The van der Waals surface area contributed by atoms with Crippen molar-refractivity contribution in [2.45, 2.75) is 0 Å². The van der Waals surface area contributed by atoms with Crippen LogP contribution >= 0.6 is 0 Å². The summed E-state index contributed by atoms with van der Waals surface area (Å²) in [6.07, 6.45) is 6.11. The number of nitrogens with zero attached hydrogens (tertiary/aromatic N) is 10. The number of rotatable bonds is 2. The van der Waals surface area contributed by atoms with Gasteiger partial charge in [-0.15, -0.1) is 11.4 Å². The monoisotopic (exact) mass is 942 g/mol. The van der Waals surface area contributed by atoms with Gasteiger partial charge in [-0.3, -0.25) is 10.4 Å². The molecule has 0 bridgehead atoms. The zero-order valence-corrected chi connectivity index (χ0v) is 28.4. The molecule has 2 aliphatic heterocycles. The van der Waals surface area contributed by atoms with Gasteiger partial charge in [-0.25, -0.2) is 0 Å². The number of hydrogen-bond acceptors (Lipinski definition) is 8. The van der Waals surface area contributed by atoms with E-state index in [2.05, 4.69) is 151 Å². The van der Waals surface area contributed by atoms with E-state index in [4.69, 9.17) is 0 Å². The average Bonchev–Trinajstić information content (AvgIpc) is 3.89. The molecular weight excluding hydrogens is 915 g/mol. The maximum Gasteiger partial charge on any atom is 0.0326 e. The number of benzene rings is 4. The van der Waals surface area contributed by atoms with Gasteiger partial charge in [0, 0.05) is 64.9 Å². The normalized spacial score (nSPS) is 12.0. The van der Waals surface area contributed by atoms with Crippen LogP contribution in [0, 0.1) is 25.5 Å². The zero-order chi connectivity index (χ0) is 29.0. The smallest absolute Gasteiger partial charge is 0.0326 e. The van der Waals surface area contributed by atoms with E-state index < -0.39 is 0 Å². The third-order valence-corrected chi connectivity index (χ3v) is 6.13. The summed E-state index contributed by atoms with van der Waals surface area (Å²) in [4.78, 5) is 8.54. The second-order valence-electron chi connectivity index (χ2n) is 8.90. The van der Waals surface area contributed by atoms with Crippen LogP contribution in [0.3, 0.4) is 0 Å². The average molecular weight is 943 g/mol. The van der Waals surface area contributed by atoms with Crippen molar-refractivity contribution in [1.29, 1.82) is 0 Å². The molecule has 0 unspecified atom stereocenters. The second-order valence-corrected chi connectivity index (χ2v) is 8.90. The van der Waals surface area contributed by atoms with Gasteiger partial charge in [0.25, 0.3) is 0 Å². The first kappa shape index (κ1) is 34.2. The first-order valence-corrected chi connectivity index (χ1v) is 13.1. The summed E-state index contributed by atoms with van der Waals surface area (Å²) in [7, 11) is 4.11. The predicted octanol–water partition coefficient (Wildman–Crippen LogP) is 5.25. The van der Waals surface area contributed by atoms with Crippen LogP contribution in [0.2, 0.25) is 0 Å². The van der Waals surface area contributed by atoms with Crippen LogP contribution in [-0.2, 0) is 42.1 Å². The fourth-order valence-corrected chi connectivity index (χ4v) is 4.28. The van der Waals surface area contributed by atoms with Crippen molar-refractivity contribution in [2.75, 3.05) is 33.7 Å². The fourth-order valence-electron chi connectivity index (χ4n) is 4.28. The van der Waals surface area contributed by atoms with Crippen LogP contribution in [-0.4, -0.2) is 34.7 Å². The second kappa shape index (κ2) is 17.8. The Morgan fingerprint density at radius 3 is 1.23 bits per heavy atom. The Morgan fingerprint density at radius 1 is 0.545 bits per heavy atom. The SMILES string of the molecule is CN1[CH-]N(c2[c-]cccc2)c2ccccc21.CN1[CH-]N(c2[c-]cccc2)c2ccccc21.[Pt].[Pt].c1c[n-]nn1.c1c[n-]nn1. The molecular formula is C32H28N10Pt2-6. The minimum absolute atomic E-state index is 0. The Labute approximate surface area is 286 Å². The van der Waals surface area contributed by atoms with Crippen molar-refractivity contribution in [1.82, 2.24) is 30.8 Å². The summed E-state index contributed by atoms with van der Waals surface area (Å²) >= 11 is 0.